The Morgan fingerprint density at radius 3 is 2.69 bits per heavy atom. The molecule has 4 heterocycles. The minimum absolute atomic E-state index is 0.290. The van der Waals surface area contributed by atoms with Crippen LogP contribution in [0.2, 0.25) is 0 Å². The molecule has 6 nitrogen and oxygen atoms in total. The van der Waals surface area contributed by atoms with E-state index in [1.54, 1.807) is 0 Å². The zero-order valence-corrected chi connectivity index (χ0v) is 17.4. The number of imidazole rings is 1. The second-order valence-electron chi connectivity index (χ2n) is 8.37. The van der Waals surface area contributed by atoms with Gasteiger partial charge in [0.1, 0.15) is 11.3 Å². The van der Waals surface area contributed by atoms with Crippen molar-refractivity contribution in [3.63, 3.8) is 0 Å². The standard InChI is InChI=1S/C23H30N6/c1-16-6-5-11-25-21(16)18-8-4-10-20(28(18)2)23-26-17-7-3-9-19(22(17)27-23)29-14-12-24-13-15-29/h3,5-7,9,11,18,20,24H,4,8,10,12-15H2,1-2H3,(H,26,27)/t18-,20+/m0/s1. The Bertz CT molecular complexity index is 990. The van der Waals surface area contributed by atoms with Gasteiger partial charge in [0, 0.05) is 32.4 Å². The Balaban J connectivity index is 1.48. The number of aryl methyl sites for hydroxylation is 1. The number of pyridine rings is 1. The molecule has 1 aromatic carbocycles. The molecule has 0 spiro atoms. The topological polar surface area (TPSA) is 60.1 Å². The Labute approximate surface area is 172 Å². The number of fused-ring (bicyclic) bond motifs is 1. The summed E-state index contributed by atoms with van der Waals surface area (Å²) in [5, 5.41) is 3.44. The van der Waals surface area contributed by atoms with Gasteiger partial charge >= 0.3 is 0 Å². The molecule has 0 saturated carbocycles. The molecule has 2 aliphatic rings. The van der Waals surface area contributed by atoms with Crippen molar-refractivity contribution >= 4 is 16.7 Å². The van der Waals surface area contributed by atoms with Gasteiger partial charge in [-0.05, 0) is 57.0 Å². The summed E-state index contributed by atoms with van der Waals surface area (Å²) in [6.45, 7) is 6.30. The highest BCUT2D eigenvalue weighted by atomic mass is 15.2. The van der Waals surface area contributed by atoms with Gasteiger partial charge in [0.15, 0.2) is 0 Å². The lowest BCUT2D eigenvalue weighted by atomic mass is 9.92. The molecule has 0 amide bonds. The predicted octanol–water partition coefficient (Wildman–Crippen LogP) is 3.57. The lowest BCUT2D eigenvalue weighted by molar-refractivity contribution is 0.107. The first-order valence-electron chi connectivity index (χ1n) is 10.8. The number of nitrogens with one attached hydrogen (secondary N) is 2. The summed E-state index contributed by atoms with van der Waals surface area (Å²) in [6.07, 6.45) is 5.39. The summed E-state index contributed by atoms with van der Waals surface area (Å²) < 4.78 is 0. The van der Waals surface area contributed by atoms with Crippen molar-refractivity contribution in [3.8, 4) is 0 Å². The van der Waals surface area contributed by atoms with Crippen LogP contribution >= 0.6 is 0 Å². The minimum atomic E-state index is 0.290. The van der Waals surface area contributed by atoms with Crippen molar-refractivity contribution in [2.75, 3.05) is 38.1 Å². The second-order valence-corrected chi connectivity index (χ2v) is 8.37. The molecule has 5 rings (SSSR count). The van der Waals surface area contributed by atoms with E-state index in [9.17, 15) is 0 Å². The third kappa shape index (κ3) is 3.40. The predicted molar refractivity (Wildman–Crippen MR) is 117 cm³/mol. The van der Waals surface area contributed by atoms with Gasteiger partial charge in [-0.2, -0.15) is 0 Å². The van der Waals surface area contributed by atoms with Gasteiger partial charge in [0.05, 0.1) is 29.0 Å². The number of benzene rings is 1. The molecule has 2 saturated heterocycles. The van der Waals surface area contributed by atoms with Gasteiger partial charge < -0.3 is 15.2 Å². The number of aromatic nitrogens is 3. The summed E-state index contributed by atoms with van der Waals surface area (Å²) >= 11 is 0. The highest BCUT2D eigenvalue weighted by Crippen LogP contribution is 2.40. The Kier molecular flexibility index (Phi) is 4.97. The van der Waals surface area contributed by atoms with E-state index in [-0.39, 0.29) is 0 Å². The van der Waals surface area contributed by atoms with Crippen LogP contribution in [0, 0.1) is 6.92 Å². The molecule has 6 heteroatoms. The van der Waals surface area contributed by atoms with E-state index in [4.69, 9.17) is 9.97 Å². The number of piperidine rings is 1. The van der Waals surface area contributed by atoms with Crippen LogP contribution in [-0.2, 0) is 0 Å². The number of anilines is 1. The fourth-order valence-electron chi connectivity index (χ4n) is 4.99. The molecule has 0 radical (unpaired) electrons. The number of rotatable bonds is 3. The maximum Gasteiger partial charge on any atom is 0.124 e. The molecule has 152 valence electrons. The van der Waals surface area contributed by atoms with Crippen LogP contribution in [0.3, 0.4) is 0 Å². The summed E-state index contributed by atoms with van der Waals surface area (Å²) in [7, 11) is 2.23. The normalized spacial score (nSPS) is 23.6. The van der Waals surface area contributed by atoms with Crippen LogP contribution in [0.4, 0.5) is 5.69 Å². The number of piperazine rings is 1. The SMILES string of the molecule is Cc1cccnc1[C@@H]1CCC[C@H](c2nc3c(N4CCNCC4)cccc3[nH]2)N1C. The summed E-state index contributed by atoms with van der Waals surface area (Å²) in [6, 6.07) is 11.3. The number of hydrogen-bond acceptors (Lipinski definition) is 5. The third-order valence-corrected chi connectivity index (χ3v) is 6.59. The summed E-state index contributed by atoms with van der Waals surface area (Å²) in [4.78, 5) is 18.4. The molecule has 2 atom stereocenters. The Morgan fingerprint density at radius 2 is 1.86 bits per heavy atom. The van der Waals surface area contributed by atoms with Crippen molar-refractivity contribution in [1.29, 1.82) is 0 Å². The zero-order chi connectivity index (χ0) is 19.8. The Hall–Kier alpha value is -2.44. The van der Waals surface area contributed by atoms with Crippen molar-refractivity contribution in [1.82, 2.24) is 25.2 Å². The lowest BCUT2D eigenvalue weighted by Gasteiger charge is -2.38. The maximum absolute atomic E-state index is 5.13. The highest BCUT2D eigenvalue weighted by Gasteiger charge is 2.33. The van der Waals surface area contributed by atoms with Crippen molar-refractivity contribution in [2.24, 2.45) is 0 Å². The van der Waals surface area contributed by atoms with Crippen LogP contribution in [0.1, 0.15) is 48.4 Å². The fourth-order valence-corrected chi connectivity index (χ4v) is 4.99. The van der Waals surface area contributed by atoms with Gasteiger partial charge in [0.25, 0.3) is 0 Å². The van der Waals surface area contributed by atoms with E-state index in [0.717, 1.165) is 55.9 Å². The summed E-state index contributed by atoms with van der Waals surface area (Å²) in [5.41, 5.74) is 5.98. The first-order valence-corrected chi connectivity index (χ1v) is 10.8. The van der Waals surface area contributed by atoms with Gasteiger partial charge in [-0.1, -0.05) is 12.1 Å². The second kappa shape index (κ2) is 7.76. The van der Waals surface area contributed by atoms with Gasteiger partial charge in [0.2, 0.25) is 0 Å². The molecular weight excluding hydrogens is 360 g/mol. The molecule has 0 unspecified atom stereocenters. The van der Waals surface area contributed by atoms with Gasteiger partial charge in [-0.3, -0.25) is 9.88 Å². The molecule has 29 heavy (non-hydrogen) atoms. The minimum Gasteiger partial charge on any atom is -0.367 e. The number of hydrogen-bond donors (Lipinski definition) is 2. The molecule has 0 aliphatic carbocycles. The zero-order valence-electron chi connectivity index (χ0n) is 17.4. The van der Waals surface area contributed by atoms with Crippen LogP contribution in [0.25, 0.3) is 11.0 Å². The monoisotopic (exact) mass is 390 g/mol. The van der Waals surface area contributed by atoms with Crippen molar-refractivity contribution < 1.29 is 0 Å². The van der Waals surface area contributed by atoms with Gasteiger partial charge in [-0.25, -0.2) is 4.98 Å². The van der Waals surface area contributed by atoms with Crippen LogP contribution < -0.4 is 10.2 Å². The van der Waals surface area contributed by atoms with Crippen LogP contribution in [-0.4, -0.2) is 53.1 Å². The molecule has 2 aromatic heterocycles. The average Bonchev–Trinajstić information content (AvgIpc) is 3.19. The van der Waals surface area contributed by atoms with E-state index in [2.05, 4.69) is 58.3 Å². The molecule has 3 aromatic rings. The highest BCUT2D eigenvalue weighted by molar-refractivity contribution is 5.89. The number of aromatic amines is 1. The number of para-hydroxylation sites is 1. The molecular formula is C23H30N6. The maximum atomic E-state index is 5.13. The molecule has 0 bridgehead atoms. The average molecular weight is 391 g/mol. The van der Waals surface area contributed by atoms with Crippen molar-refractivity contribution in [3.05, 3.63) is 53.6 Å². The van der Waals surface area contributed by atoms with Crippen LogP contribution in [0.15, 0.2) is 36.5 Å². The molecule has 2 fully saturated rings. The largest absolute Gasteiger partial charge is 0.367 e. The van der Waals surface area contributed by atoms with Gasteiger partial charge in [-0.15, -0.1) is 0 Å². The van der Waals surface area contributed by atoms with Crippen molar-refractivity contribution in [2.45, 2.75) is 38.3 Å². The number of likely N-dealkylation sites (tertiary alicyclic amines) is 1. The number of H-pyrrole nitrogens is 1. The third-order valence-electron chi connectivity index (χ3n) is 6.59. The lowest BCUT2D eigenvalue weighted by Crippen LogP contribution is -2.43. The van der Waals surface area contributed by atoms with E-state index in [0.29, 0.717) is 12.1 Å². The Morgan fingerprint density at radius 1 is 1.03 bits per heavy atom. The summed E-state index contributed by atoms with van der Waals surface area (Å²) in [5.74, 6) is 1.09. The van der Waals surface area contributed by atoms with E-state index < -0.39 is 0 Å². The van der Waals surface area contributed by atoms with E-state index >= 15 is 0 Å². The fraction of sp³-hybridized carbons (Fsp3) is 0.478. The van der Waals surface area contributed by atoms with E-state index in [1.165, 1.54) is 23.4 Å². The first-order chi connectivity index (χ1) is 14.2. The first kappa shape index (κ1) is 18.6. The quantitative estimate of drug-likeness (QED) is 0.716. The molecule has 2 aliphatic heterocycles. The number of nitrogens with zero attached hydrogens (tertiary/aromatic N) is 4. The smallest absolute Gasteiger partial charge is 0.124 e. The van der Waals surface area contributed by atoms with E-state index in [1.807, 2.05) is 12.3 Å². The molecule has 2 N–H and O–H groups in total. The van der Waals surface area contributed by atoms with Crippen LogP contribution in [0.5, 0.6) is 0 Å².